The summed E-state index contributed by atoms with van der Waals surface area (Å²) < 4.78 is 5.04. The minimum absolute atomic E-state index is 0.261. The molecule has 0 saturated heterocycles. The molecule has 0 heterocycles. The molecule has 0 fully saturated rings. The van der Waals surface area contributed by atoms with E-state index in [1.54, 1.807) is 31.5 Å². The van der Waals surface area contributed by atoms with Gasteiger partial charge in [-0.25, -0.2) is 0 Å². The van der Waals surface area contributed by atoms with Gasteiger partial charge < -0.3 is 5.11 Å². The van der Waals surface area contributed by atoms with Crippen LogP contribution in [-0.2, 0) is 0 Å². The van der Waals surface area contributed by atoms with Gasteiger partial charge in [0, 0.05) is 5.02 Å². The molecule has 1 N–H and O–H groups in total. The van der Waals surface area contributed by atoms with Gasteiger partial charge in [-0.1, -0.05) is 11.6 Å². The predicted octanol–water partition coefficient (Wildman–Crippen LogP) is 7.24. The van der Waals surface area contributed by atoms with E-state index in [0.717, 1.165) is 5.56 Å². The van der Waals surface area contributed by atoms with Crippen LogP contribution in [0.15, 0.2) is 18.2 Å². The minimum Gasteiger partial charge on any atom is -0.508 e. The van der Waals surface area contributed by atoms with Crippen LogP contribution in [0.3, 0.4) is 0 Å². The molecule has 0 atom stereocenters. The molecule has 1 nitrogen and oxygen atoms in total. The summed E-state index contributed by atoms with van der Waals surface area (Å²) in [5.41, 5.74) is 0.900. The third-order valence-corrected chi connectivity index (χ3v) is 13.3. The number of aromatic hydroxyl groups is 1. The first-order chi connectivity index (χ1) is 10.5. The maximum atomic E-state index is 8.88. The average Bonchev–Trinajstić information content (AvgIpc) is 2.51. The zero-order valence-corrected chi connectivity index (χ0v) is 18.5. The number of benzene rings is 1. The fourth-order valence-electron chi connectivity index (χ4n) is 2.28. The number of phenols is 1. The quantitative estimate of drug-likeness (QED) is 0.408. The Balaban J connectivity index is 0.000000425. The number of rotatable bonds is 9. The number of halogens is 1. The van der Waals surface area contributed by atoms with Gasteiger partial charge in [-0.2, -0.15) is 0 Å². The molecule has 3 heteroatoms. The van der Waals surface area contributed by atoms with Crippen LogP contribution in [0.1, 0.15) is 64.9 Å². The van der Waals surface area contributed by atoms with Gasteiger partial charge in [-0.15, -0.1) is 0 Å². The van der Waals surface area contributed by atoms with Crippen LogP contribution in [0.5, 0.6) is 5.75 Å². The monoisotopic (exact) mass is 433 g/mol. The molecular weight excluding hydrogens is 398 g/mol. The summed E-state index contributed by atoms with van der Waals surface area (Å²) >= 11 is 4.83. The van der Waals surface area contributed by atoms with Gasteiger partial charge >= 0.3 is 92.4 Å². The molecule has 1 radical (unpaired) electrons. The second-order valence-corrected chi connectivity index (χ2v) is 15.0. The van der Waals surface area contributed by atoms with Gasteiger partial charge in [0.25, 0.3) is 0 Å². The molecule has 0 spiro atoms. The molecule has 1 aromatic carbocycles. The normalized spacial score (nSPS) is 10.5. The van der Waals surface area contributed by atoms with Gasteiger partial charge in [0.15, 0.2) is 0 Å². The first-order valence-electron chi connectivity index (χ1n) is 8.83. The summed E-state index contributed by atoms with van der Waals surface area (Å²) in [6, 6.07) is 4.86. The van der Waals surface area contributed by atoms with Crippen molar-refractivity contribution in [1.82, 2.24) is 0 Å². The molecule has 0 amide bonds. The summed E-state index contributed by atoms with van der Waals surface area (Å²) in [6.45, 7) is 8.85. The van der Waals surface area contributed by atoms with Crippen LogP contribution in [0.25, 0.3) is 0 Å². The number of unbranched alkanes of at least 4 members (excludes halogenated alkanes) is 3. The number of hydrogen-bond acceptors (Lipinski definition) is 1. The van der Waals surface area contributed by atoms with Crippen molar-refractivity contribution in [2.45, 2.75) is 79.5 Å². The van der Waals surface area contributed by atoms with E-state index in [1.165, 1.54) is 38.5 Å². The standard InChI is InChI=1S/C7H7ClO.3C4H9.Sn/c1-5-4-6(9)2-3-7(5)8;3*1-3-4-2;/h2-4,9H,1H3;3*1,3-4H2,2H3;. The Bertz CT molecular complexity index is 363. The summed E-state index contributed by atoms with van der Waals surface area (Å²) in [5.74, 6) is 0.261. The molecule has 0 unspecified atom stereocenters. The first-order valence-corrected chi connectivity index (χ1v) is 15.3. The van der Waals surface area contributed by atoms with Crippen LogP contribution in [0.2, 0.25) is 18.3 Å². The second kappa shape index (κ2) is 14.7. The van der Waals surface area contributed by atoms with Gasteiger partial charge in [0.1, 0.15) is 5.75 Å². The Hall–Kier alpha value is 0.109. The Morgan fingerprint density at radius 2 is 1.36 bits per heavy atom. The van der Waals surface area contributed by atoms with Crippen LogP contribution in [0, 0.1) is 6.92 Å². The van der Waals surface area contributed by atoms with E-state index in [0.29, 0.717) is 5.02 Å². The zero-order valence-electron chi connectivity index (χ0n) is 14.9. The van der Waals surface area contributed by atoms with Gasteiger partial charge in [-0.3, -0.25) is 0 Å². The van der Waals surface area contributed by atoms with Gasteiger partial charge in [-0.05, 0) is 30.7 Å². The van der Waals surface area contributed by atoms with Crippen molar-refractivity contribution in [3.63, 3.8) is 0 Å². The van der Waals surface area contributed by atoms with E-state index < -0.39 is 19.8 Å². The van der Waals surface area contributed by atoms with E-state index in [2.05, 4.69) is 20.8 Å². The Morgan fingerprint density at radius 1 is 0.909 bits per heavy atom. The second-order valence-electron chi connectivity index (χ2n) is 5.99. The smallest absolute Gasteiger partial charge is 0.115 e. The van der Waals surface area contributed by atoms with Crippen molar-refractivity contribution in [2.75, 3.05) is 0 Å². The molecule has 0 aliphatic heterocycles. The van der Waals surface area contributed by atoms with Crippen LogP contribution in [-0.4, -0.2) is 24.9 Å². The topological polar surface area (TPSA) is 20.2 Å². The number of aryl methyl sites for hydroxylation is 1. The Kier molecular flexibility index (Phi) is 14.8. The van der Waals surface area contributed by atoms with E-state index in [-0.39, 0.29) is 5.75 Å². The van der Waals surface area contributed by atoms with Gasteiger partial charge in [0.05, 0.1) is 0 Å². The fraction of sp³-hybridized carbons (Fsp3) is 0.684. The molecule has 0 aliphatic carbocycles. The van der Waals surface area contributed by atoms with Crippen molar-refractivity contribution in [2.24, 2.45) is 0 Å². The zero-order chi connectivity index (χ0) is 16.8. The minimum atomic E-state index is -0.839. The maximum Gasteiger partial charge on any atom is 0.115 e. The summed E-state index contributed by atoms with van der Waals surface area (Å²) in [4.78, 5) is 0. The third kappa shape index (κ3) is 11.6. The SMILES string of the molecule is CCC[CH2][Sn]([CH2]CCC)[CH2]CCC.Cc1cc(O)ccc1Cl. The van der Waals surface area contributed by atoms with Gasteiger partial charge in [0.2, 0.25) is 0 Å². The average molecular weight is 433 g/mol. The van der Waals surface area contributed by atoms with Crippen molar-refractivity contribution in [3.05, 3.63) is 28.8 Å². The molecule has 1 aromatic rings. The molecule has 0 aromatic heterocycles. The number of phenolic OH excluding ortho intramolecular Hbond substituents is 1. The molecular formula is C19H34ClOSn. The largest absolute Gasteiger partial charge is 0.508 e. The molecule has 0 bridgehead atoms. The third-order valence-electron chi connectivity index (χ3n) is 3.79. The number of hydrogen-bond donors (Lipinski definition) is 1. The van der Waals surface area contributed by atoms with Crippen molar-refractivity contribution in [1.29, 1.82) is 0 Å². The maximum absolute atomic E-state index is 8.88. The van der Waals surface area contributed by atoms with Crippen LogP contribution >= 0.6 is 11.6 Å². The summed E-state index contributed by atoms with van der Waals surface area (Å²) in [6.07, 6.45) is 8.85. The van der Waals surface area contributed by atoms with Crippen LogP contribution in [0.4, 0.5) is 0 Å². The van der Waals surface area contributed by atoms with E-state index in [4.69, 9.17) is 16.7 Å². The predicted molar refractivity (Wildman–Crippen MR) is 103 cm³/mol. The van der Waals surface area contributed by atoms with Crippen LogP contribution < -0.4 is 0 Å². The molecule has 0 saturated carbocycles. The molecule has 1 rings (SSSR count). The Labute approximate surface area is 150 Å². The fourth-order valence-corrected chi connectivity index (χ4v) is 11.9. The summed E-state index contributed by atoms with van der Waals surface area (Å²) in [5, 5.41) is 9.57. The molecule has 127 valence electrons. The van der Waals surface area contributed by atoms with E-state index >= 15 is 0 Å². The van der Waals surface area contributed by atoms with Crippen molar-refractivity contribution in [3.8, 4) is 5.75 Å². The molecule has 22 heavy (non-hydrogen) atoms. The Morgan fingerprint density at radius 3 is 1.68 bits per heavy atom. The van der Waals surface area contributed by atoms with E-state index in [1.807, 2.05) is 6.92 Å². The van der Waals surface area contributed by atoms with Crippen molar-refractivity contribution < 1.29 is 5.11 Å². The summed E-state index contributed by atoms with van der Waals surface area (Å²) in [7, 11) is 0. The first kappa shape index (κ1) is 22.1. The van der Waals surface area contributed by atoms with Crippen molar-refractivity contribution >= 4 is 31.4 Å². The molecule has 0 aliphatic rings. The van der Waals surface area contributed by atoms with E-state index in [9.17, 15) is 0 Å².